The second-order valence-electron chi connectivity index (χ2n) is 13.0. The number of hydrogen-bond donors (Lipinski definition) is 3. The average Bonchev–Trinajstić information content (AvgIpc) is 3.00. The van der Waals surface area contributed by atoms with Crippen molar-refractivity contribution in [1.82, 2.24) is 25.3 Å². The molecule has 2 aromatic carbocycles. The molecule has 8 nitrogen and oxygen atoms in total. The summed E-state index contributed by atoms with van der Waals surface area (Å²) in [6.45, 7) is 8.76. The van der Waals surface area contributed by atoms with Gasteiger partial charge in [0.25, 0.3) is 0 Å². The monoisotopic (exact) mass is 643 g/mol. The molecule has 3 aliphatic rings. The number of halogens is 2. The van der Waals surface area contributed by atoms with Crippen LogP contribution in [0.15, 0.2) is 36.4 Å². The van der Waals surface area contributed by atoms with Crippen molar-refractivity contribution in [3.8, 4) is 11.1 Å². The molecule has 3 N–H and O–H groups in total. The van der Waals surface area contributed by atoms with E-state index in [2.05, 4.69) is 43.5 Å². The van der Waals surface area contributed by atoms with Gasteiger partial charge < -0.3 is 15.7 Å². The number of urea groups is 1. The highest BCUT2D eigenvalue weighted by molar-refractivity contribution is 6.35. The Kier molecular flexibility index (Phi) is 11.8. The van der Waals surface area contributed by atoms with Crippen molar-refractivity contribution in [3.05, 3.63) is 57.6 Å². The number of piperidine rings is 3. The lowest BCUT2D eigenvalue weighted by Crippen LogP contribution is -2.42. The maximum atomic E-state index is 11.6. The second kappa shape index (κ2) is 15.8. The minimum absolute atomic E-state index is 0.111. The lowest BCUT2D eigenvalue weighted by molar-refractivity contribution is -0.138. The summed E-state index contributed by atoms with van der Waals surface area (Å²) >= 11 is 12.8. The number of amides is 2. The number of carbonyl (C=O) groups is 2. The fourth-order valence-electron chi connectivity index (χ4n) is 7.38. The van der Waals surface area contributed by atoms with Crippen molar-refractivity contribution in [3.63, 3.8) is 0 Å². The number of carbonyl (C=O) groups excluding carboxylic acids is 1. The van der Waals surface area contributed by atoms with E-state index >= 15 is 0 Å². The summed E-state index contributed by atoms with van der Waals surface area (Å²) < 4.78 is 0. The number of carboxylic acid groups (broad SMARTS) is 1. The third-order valence-electron chi connectivity index (χ3n) is 9.84. The number of benzene rings is 2. The zero-order valence-corrected chi connectivity index (χ0v) is 27.4. The van der Waals surface area contributed by atoms with Gasteiger partial charge in [0.2, 0.25) is 0 Å². The van der Waals surface area contributed by atoms with Gasteiger partial charge in [0.05, 0.1) is 6.54 Å². The van der Waals surface area contributed by atoms with Crippen LogP contribution in [-0.4, -0.2) is 91.2 Å². The Hall–Kier alpha value is -2.36. The van der Waals surface area contributed by atoms with E-state index in [0.717, 1.165) is 102 Å². The predicted octanol–water partition coefficient (Wildman–Crippen LogP) is 5.81. The second-order valence-corrected chi connectivity index (χ2v) is 13.9. The first-order chi connectivity index (χ1) is 21.2. The average molecular weight is 645 g/mol. The number of carboxylic acids is 1. The van der Waals surface area contributed by atoms with E-state index in [9.17, 15) is 9.59 Å². The molecule has 3 heterocycles. The Balaban J connectivity index is 1.21. The smallest absolute Gasteiger partial charge is 0.317 e. The van der Waals surface area contributed by atoms with Gasteiger partial charge in [-0.3, -0.25) is 19.5 Å². The topological polar surface area (TPSA) is 88.2 Å². The number of rotatable bonds is 10. The van der Waals surface area contributed by atoms with Crippen molar-refractivity contribution in [2.75, 3.05) is 59.4 Å². The van der Waals surface area contributed by atoms with Crippen LogP contribution in [-0.2, 0) is 17.9 Å². The summed E-state index contributed by atoms with van der Waals surface area (Å²) in [5, 5.41) is 16.0. The zero-order chi connectivity index (χ0) is 31.1. The molecule has 0 atom stereocenters. The molecule has 0 unspecified atom stereocenters. The lowest BCUT2D eigenvalue weighted by Gasteiger charge is -2.40. The van der Waals surface area contributed by atoms with Gasteiger partial charge in [-0.1, -0.05) is 29.3 Å². The molecule has 0 radical (unpaired) electrons. The maximum absolute atomic E-state index is 11.6. The number of aliphatic carboxylic acids is 1. The first-order valence-corrected chi connectivity index (χ1v) is 16.9. The van der Waals surface area contributed by atoms with Crippen LogP contribution in [0.5, 0.6) is 0 Å². The molecular formula is C34H47Cl2N5O3. The molecule has 3 aliphatic heterocycles. The molecule has 3 fully saturated rings. The van der Waals surface area contributed by atoms with Crippen LogP contribution in [0.4, 0.5) is 4.79 Å². The van der Waals surface area contributed by atoms with E-state index in [0.29, 0.717) is 21.9 Å². The first-order valence-electron chi connectivity index (χ1n) is 16.2. The molecule has 240 valence electrons. The van der Waals surface area contributed by atoms with Gasteiger partial charge in [-0.2, -0.15) is 0 Å². The molecule has 0 aromatic heterocycles. The number of likely N-dealkylation sites (tertiary alicyclic amines) is 3. The van der Waals surface area contributed by atoms with Gasteiger partial charge in [-0.25, -0.2) is 4.79 Å². The quantitative estimate of drug-likeness (QED) is 0.303. The van der Waals surface area contributed by atoms with E-state index in [-0.39, 0.29) is 12.6 Å². The number of hydrogen-bond acceptors (Lipinski definition) is 5. The highest BCUT2D eigenvalue weighted by atomic mass is 35.5. The predicted molar refractivity (Wildman–Crippen MR) is 177 cm³/mol. The van der Waals surface area contributed by atoms with Gasteiger partial charge in [-0.15, -0.1) is 0 Å². The van der Waals surface area contributed by atoms with E-state index in [1.165, 1.54) is 24.0 Å². The van der Waals surface area contributed by atoms with Crippen LogP contribution in [0, 0.1) is 17.8 Å². The summed E-state index contributed by atoms with van der Waals surface area (Å²) in [7, 11) is 1.65. The Labute approximate surface area is 272 Å². The van der Waals surface area contributed by atoms with Gasteiger partial charge in [0, 0.05) is 36.7 Å². The normalized spacial score (nSPS) is 20.1. The highest BCUT2D eigenvalue weighted by Gasteiger charge is 2.30. The fourth-order valence-corrected chi connectivity index (χ4v) is 7.91. The van der Waals surface area contributed by atoms with Crippen molar-refractivity contribution >= 4 is 35.2 Å². The summed E-state index contributed by atoms with van der Waals surface area (Å²) in [6.07, 6.45) is 6.82. The van der Waals surface area contributed by atoms with E-state index < -0.39 is 5.97 Å². The molecule has 3 saturated heterocycles. The van der Waals surface area contributed by atoms with Gasteiger partial charge in [0.15, 0.2) is 0 Å². The molecule has 2 aromatic rings. The van der Waals surface area contributed by atoms with E-state index in [1.54, 1.807) is 13.1 Å². The molecule has 44 heavy (non-hydrogen) atoms. The van der Waals surface area contributed by atoms with E-state index in [1.807, 2.05) is 12.1 Å². The lowest BCUT2D eigenvalue weighted by atomic mass is 9.78. The van der Waals surface area contributed by atoms with Crippen LogP contribution < -0.4 is 10.6 Å². The molecule has 10 heteroatoms. The Morgan fingerprint density at radius 2 is 1.20 bits per heavy atom. The largest absolute Gasteiger partial charge is 0.480 e. The van der Waals surface area contributed by atoms with Crippen LogP contribution in [0.1, 0.15) is 49.7 Å². The van der Waals surface area contributed by atoms with Crippen LogP contribution in [0.25, 0.3) is 11.1 Å². The SMILES string of the molecule is CNC(=O)NCC1CCN(Cc2cc(CN3CCC(C4CCN(CC(=O)O)CC4)CC3)cc(-c3cc(Cl)cc(Cl)c3)c2)CC1. The molecule has 0 saturated carbocycles. The Morgan fingerprint density at radius 1 is 0.727 bits per heavy atom. The summed E-state index contributed by atoms with van der Waals surface area (Å²) in [5.74, 6) is 1.25. The molecule has 0 spiro atoms. The van der Waals surface area contributed by atoms with Crippen molar-refractivity contribution < 1.29 is 14.7 Å². The highest BCUT2D eigenvalue weighted by Crippen LogP contribution is 2.34. The summed E-state index contributed by atoms with van der Waals surface area (Å²) in [6, 6.07) is 12.6. The summed E-state index contributed by atoms with van der Waals surface area (Å²) in [4.78, 5) is 29.9. The number of nitrogens with zero attached hydrogens (tertiary/aromatic N) is 3. The number of nitrogens with one attached hydrogen (secondary N) is 2. The zero-order valence-electron chi connectivity index (χ0n) is 25.9. The van der Waals surface area contributed by atoms with Crippen LogP contribution >= 0.6 is 23.2 Å². The third kappa shape index (κ3) is 9.57. The summed E-state index contributed by atoms with van der Waals surface area (Å²) in [5.41, 5.74) is 4.81. The standard InChI is InChI=1S/C34H47Cl2N5O3/c1-37-34(44)38-20-24-2-8-39(9-3-24)21-25-14-26(16-29(15-25)30-17-31(35)19-32(36)18-30)22-40-10-4-27(5-11-40)28-6-12-41(13-7-28)23-33(42)43/h14-19,24,27-28H,2-13,20-23H2,1H3,(H,42,43)(H2,37,38,44). The molecule has 2 amide bonds. The first kappa shape index (κ1) is 33.0. The van der Waals surface area contributed by atoms with Crippen molar-refractivity contribution in [2.45, 2.75) is 51.6 Å². The van der Waals surface area contributed by atoms with Gasteiger partial charge in [0.1, 0.15) is 0 Å². The molecule has 5 rings (SSSR count). The Bertz CT molecular complexity index is 1250. The van der Waals surface area contributed by atoms with Crippen LogP contribution in [0.2, 0.25) is 10.0 Å². The fraction of sp³-hybridized carbons (Fsp3) is 0.588. The molecular weight excluding hydrogens is 597 g/mol. The molecule has 0 bridgehead atoms. The molecule has 0 aliphatic carbocycles. The van der Waals surface area contributed by atoms with Gasteiger partial charge in [-0.05, 0) is 148 Å². The maximum Gasteiger partial charge on any atom is 0.317 e. The Morgan fingerprint density at radius 3 is 1.70 bits per heavy atom. The third-order valence-corrected chi connectivity index (χ3v) is 10.3. The van der Waals surface area contributed by atoms with Crippen molar-refractivity contribution in [1.29, 1.82) is 0 Å². The minimum Gasteiger partial charge on any atom is -0.480 e. The van der Waals surface area contributed by atoms with Gasteiger partial charge >= 0.3 is 12.0 Å². The minimum atomic E-state index is -0.723. The van der Waals surface area contributed by atoms with E-state index in [4.69, 9.17) is 28.3 Å². The van der Waals surface area contributed by atoms with Crippen LogP contribution in [0.3, 0.4) is 0 Å². The van der Waals surface area contributed by atoms with Crippen molar-refractivity contribution in [2.24, 2.45) is 17.8 Å².